The number of hydrogen-bond acceptors (Lipinski definition) is 2. The summed E-state index contributed by atoms with van der Waals surface area (Å²) in [5, 5.41) is 20.4. The van der Waals surface area contributed by atoms with Crippen LogP contribution in [0.4, 0.5) is 0 Å². The third kappa shape index (κ3) is 58.7. The predicted molar refractivity (Wildman–Crippen MR) is 133 cm³/mol. The van der Waals surface area contributed by atoms with Crippen molar-refractivity contribution in [2.24, 2.45) is 22.7 Å². The van der Waals surface area contributed by atoms with Gasteiger partial charge in [-0.2, -0.15) is 0 Å². The molecule has 0 aliphatic rings. The molecule has 0 aliphatic heterocycles. The van der Waals surface area contributed by atoms with Crippen molar-refractivity contribution >= 4 is 35.8 Å². The fraction of sp³-hybridized carbons (Fsp3) is 0.846. The molecule has 0 saturated heterocycles. The van der Waals surface area contributed by atoms with Crippen molar-refractivity contribution in [3.05, 3.63) is 13.8 Å². The number of unbranched alkanes of at least 4 members (excludes halogenated alkanes) is 2. The summed E-state index contributed by atoms with van der Waals surface area (Å²) in [5.74, 6) is -1.44. The first kappa shape index (κ1) is 41.0. The van der Waals surface area contributed by atoms with Gasteiger partial charge in [0.2, 0.25) is 0 Å². The second-order valence-electron chi connectivity index (χ2n) is 10.6. The summed E-state index contributed by atoms with van der Waals surface area (Å²) in [6.45, 7) is 28.0. The van der Waals surface area contributed by atoms with Gasteiger partial charge in [-0.25, -0.2) is 19.8 Å². The van der Waals surface area contributed by atoms with Crippen LogP contribution in [0.3, 0.4) is 0 Å². The molecule has 0 aliphatic carbocycles. The van der Waals surface area contributed by atoms with E-state index >= 15 is 0 Å². The van der Waals surface area contributed by atoms with Crippen LogP contribution in [0, 0.1) is 36.5 Å². The van der Waals surface area contributed by atoms with Crippen LogP contribution in [-0.4, -0.2) is 35.8 Å². The molecule has 2 unspecified atom stereocenters. The third-order valence-electron chi connectivity index (χ3n) is 3.66. The average Bonchev–Trinajstić information content (AvgIpc) is 2.50. The first-order chi connectivity index (χ1) is 13.4. The van der Waals surface area contributed by atoms with Gasteiger partial charge in [-0.05, 0) is 35.5 Å². The molecule has 0 rings (SSSR count). The van der Waals surface area contributed by atoms with Crippen LogP contribution in [0.1, 0.15) is 121 Å². The molecule has 0 fully saturated rings. The number of carbonyl (C=O) groups excluding carboxylic acids is 2. The maximum absolute atomic E-state index is 10.2. The predicted octanol–water partition coefficient (Wildman–Crippen LogP) is 7.67. The van der Waals surface area contributed by atoms with E-state index in [1.165, 1.54) is 12.8 Å². The Balaban J connectivity index is -0.000000106. The van der Waals surface area contributed by atoms with Crippen molar-refractivity contribution in [2.45, 2.75) is 121 Å². The summed E-state index contributed by atoms with van der Waals surface area (Å²) in [6.07, 6.45) is 6.77. The fourth-order valence-corrected chi connectivity index (χ4v) is 2.80. The van der Waals surface area contributed by atoms with Gasteiger partial charge in [-0.1, -0.05) is 109 Å². The molecular weight excluding hydrogens is 495 g/mol. The van der Waals surface area contributed by atoms with E-state index in [0.29, 0.717) is 0 Å². The Morgan fingerprint density at radius 1 is 0.677 bits per heavy atom. The molecule has 0 aromatic heterocycles. The van der Waals surface area contributed by atoms with Crippen LogP contribution in [0.25, 0.3) is 0 Å². The van der Waals surface area contributed by atoms with Crippen molar-refractivity contribution < 1.29 is 19.8 Å². The Kier molecular flexibility index (Phi) is 32.3. The molecule has 184 valence electrons. The van der Waals surface area contributed by atoms with E-state index in [4.69, 9.17) is 0 Å². The van der Waals surface area contributed by atoms with Crippen molar-refractivity contribution in [1.29, 1.82) is 0 Å². The van der Waals surface area contributed by atoms with Crippen molar-refractivity contribution in [3.63, 3.8) is 0 Å². The molecule has 0 aromatic rings. The first-order valence-electron chi connectivity index (χ1n) is 11.4. The van der Waals surface area contributed by atoms with Gasteiger partial charge in [0, 0.05) is 23.9 Å². The summed E-state index contributed by atoms with van der Waals surface area (Å²) in [7, 11) is 0. The molecule has 4 nitrogen and oxygen atoms in total. The molecule has 0 aromatic carbocycles. The van der Waals surface area contributed by atoms with Crippen LogP contribution >= 0.6 is 0 Å². The molecule has 2 atom stereocenters. The molecule has 0 N–H and O–H groups in total. The van der Waals surface area contributed by atoms with Crippen LogP contribution in [0.5, 0.6) is 0 Å². The summed E-state index contributed by atoms with van der Waals surface area (Å²) in [5.41, 5.74) is 0.434. The standard InChI is InChI=1S/2C9H17O2.2C4H9.Sn/c2*1-7(5-8(10)11)6-9(2,3)4;2*1-3-4-2;/h2*7H,5-6H2,1-4H3;2*1,3-4H2,2H3;. The zero-order chi connectivity index (χ0) is 25.0. The van der Waals surface area contributed by atoms with Gasteiger partial charge in [-0.15, -0.1) is 0 Å². The summed E-state index contributed by atoms with van der Waals surface area (Å²) >= 11 is 0. The van der Waals surface area contributed by atoms with E-state index in [9.17, 15) is 19.8 Å². The quantitative estimate of drug-likeness (QED) is 0.293. The van der Waals surface area contributed by atoms with Gasteiger partial charge < -0.3 is 0 Å². The van der Waals surface area contributed by atoms with Crippen LogP contribution in [0.15, 0.2) is 0 Å². The maximum Gasteiger partial charge on any atom is 0.355 e. The molecule has 5 heteroatoms. The average molecular weight is 547 g/mol. The monoisotopic (exact) mass is 548 g/mol. The fourth-order valence-electron chi connectivity index (χ4n) is 2.80. The van der Waals surface area contributed by atoms with E-state index in [2.05, 4.69) is 69.2 Å². The Morgan fingerprint density at radius 3 is 0.968 bits per heavy atom. The van der Waals surface area contributed by atoms with Crippen LogP contribution in [-0.2, 0) is 19.8 Å². The second-order valence-corrected chi connectivity index (χ2v) is 10.6. The maximum atomic E-state index is 10.2. The zero-order valence-electron chi connectivity index (χ0n) is 22.4. The number of hydrogen-bond donors (Lipinski definition) is 0. The molecule has 0 amide bonds. The Labute approximate surface area is 212 Å². The molecule has 0 bridgehead atoms. The van der Waals surface area contributed by atoms with Crippen LogP contribution in [0.2, 0.25) is 0 Å². The van der Waals surface area contributed by atoms with Gasteiger partial charge in [-0.3, -0.25) is 0 Å². The Hall–Kier alpha value is -0.261. The van der Waals surface area contributed by atoms with Crippen molar-refractivity contribution in [2.75, 3.05) is 0 Å². The SMILES string of the molecule is CC(CC([O])=O)CC(C)(C)C.CC(CC([O])=O)CC(C)(C)C.[CH2]CCC.[CH2]CCC.[Sn]. The Bertz CT molecular complexity index is 353. The van der Waals surface area contributed by atoms with Crippen LogP contribution < -0.4 is 0 Å². The smallest absolute Gasteiger partial charge is 0.247 e. The van der Waals surface area contributed by atoms with Gasteiger partial charge in [0.15, 0.2) is 0 Å². The summed E-state index contributed by atoms with van der Waals surface area (Å²) in [6, 6.07) is 0. The minimum Gasteiger partial charge on any atom is -0.247 e. The molecule has 31 heavy (non-hydrogen) atoms. The molecular formula is C26H52O4Sn. The van der Waals surface area contributed by atoms with E-state index in [1.807, 2.05) is 13.8 Å². The van der Waals surface area contributed by atoms with E-state index in [1.54, 1.807) is 0 Å². The summed E-state index contributed by atoms with van der Waals surface area (Å²) < 4.78 is 0. The minimum atomic E-state index is -0.943. The van der Waals surface area contributed by atoms with Crippen molar-refractivity contribution in [1.82, 2.24) is 0 Å². The van der Waals surface area contributed by atoms with Gasteiger partial charge in [0.1, 0.15) is 0 Å². The normalized spacial score (nSPS) is 12.3. The number of carbonyl (C=O) groups is 2. The van der Waals surface area contributed by atoms with E-state index in [0.717, 1.165) is 25.7 Å². The van der Waals surface area contributed by atoms with Gasteiger partial charge >= 0.3 is 11.9 Å². The molecule has 0 heterocycles. The van der Waals surface area contributed by atoms with Gasteiger partial charge in [0.25, 0.3) is 0 Å². The number of rotatable bonds is 8. The van der Waals surface area contributed by atoms with E-state index in [-0.39, 0.29) is 59.4 Å². The first-order valence-corrected chi connectivity index (χ1v) is 11.4. The van der Waals surface area contributed by atoms with Gasteiger partial charge in [0.05, 0.1) is 12.8 Å². The van der Waals surface area contributed by atoms with Crippen molar-refractivity contribution in [3.8, 4) is 0 Å². The second kappa shape index (κ2) is 24.4. The zero-order valence-corrected chi connectivity index (χ0v) is 25.2. The third-order valence-corrected chi connectivity index (χ3v) is 3.66. The molecule has 0 saturated carbocycles. The topological polar surface area (TPSA) is 73.9 Å². The Morgan fingerprint density at radius 2 is 0.871 bits per heavy atom. The minimum absolute atomic E-state index is 0. The molecule has 0 spiro atoms. The largest absolute Gasteiger partial charge is 0.355 e. The van der Waals surface area contributed by atoms with E-state index < -0.39 is 11.9 Å². The molecule has 8 radical (unpaired) electrons. The summed E-state index contributed by atoms with van der Waals surface area (Å²) in [4.78, 5) is 20.4.